The SMILES string of the molecule is O=C(O)/C=C/c1ccccc1-c1cccc(Cl)c1. The summed E-state index contributed by atoms with van der Waals surface area (Å²) < 4.78 is 0. The van der Waals surface area contributed by atoms with Crippen LogP contribution in [0.15, 0.2) is 54.6 Å². The zero-order chi connectivity index (χ0) is 13.0. The van der Waals surface area contributed by atoms with Gasteiger partial charge in [0.25, 0.3) is 0 Å². The largest absolute Gasteiger partial charge is 0.478 e. The van der Waals surface area contributed by atoms with Crippen molar-refractivity contribution in [3.8, 4) is 11.1 Å². The van der Waals surface area contributed by atoms with Crippen molar-refractivity contribution < 1.29 is 9.90 Å². The van der Waals surface area contributed by atoms with E-state index < -0.39 is 5.97 Å². The summed E-state index contributed by atoms with van der Waals surface area (Å²) in [6.07, 6.45) is 2.71. The minimum absolute atomic E-state index is 0.657. The van der Waals surface area contributed by atoms with Crippen molar-refractivity contribution in [3.63, 3.8) is 0 Å². The van der Waals surface area contributed by atoms with Crippen molar-refractivity contribution in [2.75, 3.05) is 0 Å². The number of carboxylic acid groups (broad SMARTS) is 1. The van der Waals surface area contributed by atoms with Crippen molar-refractivity contribution in [2.45, 2.75) is 0 Å². The zero-order valence-electron chi connectivity index (χ0n) is 9.51. The van der Waals surface area contributed by atoms with Crippen LogP contribution in [-0.2, 0) is 4.79 Å². The highest BCUT2D eigenvalue weighted by atomic mass is 35.5. The van der Waals surface area contributed by atoms with Crippen LogP contribution in [0.2, 0.25) is 5.02 Å². The van der Waals surface area contributed by atoms with Gasteiger partial charge in [-0.1, -0.05) is 48.0 Å². The van der Waals surface area contributed by atoms with E-state index in [1.54, 1.807) is 12.1 Å². The quantitative estimate of drug-likeness (QED) is 0.842. The van der Waals surface area contributed by atoms with Crippen molar-refractivity contribution in [1.82, 2.24) is 0 Å². The van der Waals surface area contributed by atoms with Gasteiger partial charge in [-0.25, -0.2) is 4.79 Å². The molecule has 90 valence electrons. The Morgan fingerprint density at radius 3 is 2.61 bits per heavy atom. The number of halogens is 1. The number of carbonyl (C=O) groups is 1. The van der Waals surface area contributed by atoms with Crippen molar-refractivity contribution in [1.29, 1.82) is 0 Å². The lowest BCUT2D eigenvalue weighted by Gasteiger charge is -2.06. The van der Waals surface area contributed by atoms with E-state index in [0.29, 0.717) is 5.02 Å². The van der Waals surface area contributed by atoms with Crippen LogP contribution in [0.25, 0.3) is 17.2 Å². The Morgan fingerprint density at radius 1 is 1.11 bits per heavy atom. The van der Waals surface area contributed by atoms with Gasteiger partial charge in [0.1, 0.15) is 0 Å². The van der Waals surface area contributed by atoms with Gasteiger partial charge in [-0.05, 0) is 34.9 Å². The smallest absolute Gasteiger partial charge is 0.328 e. The normalized spacial score (nSPS) is 10.7. The molecular formula is C15H11ClO2. The molecule has 0 saturated carbocycles. The Balaban J connectivity index is 2.48. The molecule has 2 nitrogen and oxygen atoms in total. The van der Waals surface area contributed by atoms with E-state index in [0.717, 1.165) is 22.8 Å². The van der Waals surface area contributed by atoms with Gasteiger partial charge in [-0.3, -0.25) is 0 Å². The highest BCUT2D eigenvalue weighted by Gasteiger charge is 2.03. The van der Waals surface area contributed by atoms with E-state index in [1.165, 1.54) is 0 Å². The number of benzene rings is 2. The predicted molar refractivity (Wildman–Crippen MR) is 73.6 cm³/mol. The van der Waals surface area contributed by atoms with E-state index in [1.807, 2.05) is 42.5 Å². The zero-order valence-corrected chi connectivity index (χ0v) is 10.3. The molecule has 0 spiro atoms. The van der Waals surface area contributed by atoms with Gasteiger partial charge < -0.3 is 5.11 Å². The lowest BCUT2D eigenvalue weighted by molar-refractivity contribution is -0.131. The van der Waals surface area contributed by atoms with E-state index >= 15 is 0 Å². The van der Waals surface area contributed by atoms with Crippen molar-refractivity contribution in [3.05, 3.63) is 65.2 Å². The van der Waals surface area contributed by atoms with Crippen LogP contribution in [0.5, 0.6) is 0 Å². The summed E-state index contributed by atoms with van der Waals surface area (Å²) in [6, 6.07) is 15.1. The van der Waals surface area contributed by atoms with Gasteiger partial charge >= 0.3 is 5.97 Å². The van der Waals surface area contributed by atoms with E-state index in [9.17, 15) is 4.79 Å². The van der Waals surface area contributed by atoms with Gasteiger partial charge in [0.2, 0.25) is 0 Å². The molecule has 0 aliphatic heterocycles. The molecule has 2 aromatic rings. The molecule has 0 aliphatic rings. The van der Waals surface area contributed by atoms with Gasteiger partial charge in [0.05, 0.1) is 0 Å². The third kappa shape index (κ3) is 2.99. The summed E-state index contributed by atoms with van der Waals surface area (Å²) in [5.74, 6) is -0.962. The molecule has 0 bridgehead atoms. The summed E-state index contributed by atoms with van der Waals surface area (Å²) >= 11 is 5.96. The first-order valence-electron chi connectivity index (χ1n) is 5.43. The first-order chi connectivity index (χ1) is 8.66. The molecule has 2 aromatic carbocycles. The van der Waals surface area contributed by atoms with Gasteiger partial charge in [-0.15, -0.1) is 0 Å². The van der Waals surface area contributed by atoms with Crippen LogP contribution in [-0.4, -0.2) is 11.1 Å². The van der Waals surface area contributed by atoms with Gasteiger partial charge in [0.15, 0.2) is 0 Å². The molecule has 2 rings (SSSR count). The molecule has 0 heterocycles. The standard InChI is InChI=1S/C15H11ClO2/c16-13-6-3-5-12(10-13)14-7-2-1-4-11(14)8-9-15(17)18/h1-10H,(H,17,18)/b9-8+. The number of hydrogen-bond acceptors (Lipinski definition) is 1. The summed E-state index contributed by atoms with van der Waals surface area (Å²) in [5.41, 5.74) is 2.77. The van der Waals surface area contributed by atoms with Gasteiger partial charge in [-0.2, -0.15) is 0 Å². The van der Waals surface area contributed by atoms with Crippen molar-refractivity contribution >= 4 is 23.6 Å². The van der Waals surface area contributed by atoms with Gasteiger partial charge in [0, 0.05) is 11.1 Å². The number of aliphatic carboxylic acids is 1. The third-order valence-corrected chi connectivity index (χ3v) is 2.74. The van der Waals surface area contributed by atoms with Crippen LogP contribution in [0.1, 0.15) is 5.56 Å². The maximum absolute atomic E-state index is 10.6. The third-order valence-electron chi connectivity index (χ3n) is 2.50. The molecule has 0 radical (unpaired) electrons. The molecule has 0 saturated heterocycles. The summed E-state index contributed by atoms with van der Waals surface area (Å²) in [6.45, 7) is 0. The molecule has 0 aromatic heterocycles. The molecule has 0 atom stereocenters. The molecule has 0 unspecified atom stereocenters. The van der Waals surface area contributed by atoms with Crippen LogP contribution in [0.4, 0.5) is 0 Å². The monoisotopic (exact) mass is 258 g/mol. The Labute approximate surface area is 110 Å². The minimum atomic E-state index is -0.962. The molecule has 1 N–H and O–H groups in total. The van der Waals surface area contributed by atoms with E-state index in [2.05, 4.69) is 0 Å². The average Bonchev–Trinajstić information content (AvgIpc) is 2.36. The lowest BCUT2D eigenvalue weighted by atomic mass is 9.99. The number of rotatable bonds is 3. The van der Waals surface area contributed by atoms with Crippen LogP contribution in [0.3, 0.4) is 0 Å². The summed E-state index contributed by atoms with van der Waals surface area (Å²) in [7, 11) is 0. The van der Waals surface area contributed by atoms with Crippen LogP contribution < -0.4 is 0 Å². The predicted octanol–water partition coefficient (Wildman–Crippen LogP) is 4.10. The second-order valence-electron chi connectivity index (χ2n) is 3.77. The van der Waals surface area contributed by atoms with Crippen molar-refractivity contribution in [2.24, 2.45) is 0 Å². The first kappa shape index (κ1) is 12.4. The highest BCUT2D eigenvalue weighted by Crippen LogP contribution is 2.26. The summed E-state index contributed by atoms with van der Waals surface area (Å²) in [5, 5.41) is 9.33. The fourth-order valence-electron chi connectivity index (χ4n) is 1.72. The van der Waals surface area contributed by atoms with E-state index in [4.69, 9.17) is 16.7 Å². The molecule has 3 heteroatoms. The Kier molecular flexibility index (Phi) is 3.80. The van der Waals surface area contributed by atoms with E-state index in [-0.39, 0.29) is 0 Å². The Morgan fingerprint density at radius 2 is 1.89 bits per heavy atom. The molecule has 18 heavy (non-hydrogen) atoms. The maximum atomic E-state index is 10.6. The number of hydrogen-bond donors (Lipinski definition) is 1. The maximum Gasteiger partial charge on any atom is 0.328 e. The molecule has 0 aliphatic carbocycles. The molecular weight excluding hydrogens is 248 g/mol. The molecule has 0 fully saturated rings. The molecule has 0 amide bonds. The fraction of sp³-hybridized carbons (Fsp3) is 0. The average molecular weight is 259 g/mol. The highest BCUT2D eigenvalue weighted by molar-refractivity contribution is 6.30. The van der Waals surface area contributed by atoms with Crippen LogP contribution in [0, 0.1) is 0 Å². The fourth-order valence-corrected chi connectivity index (χ4v) is 1.91. The second kappa shape index (κ2) is 5.52. The topological polar surface area (TPSA) is 37.3 Å². The van der Waals surface area contributed by atoms with Crippen LogP contribution >= 0.6 is 11.6 Å². The minimum Gasteiger partial charge on any atom is -0.478 e. The number of carboxylic acids is 1. The Bertz CT molecular complexity index is 603. The summed E-state index contributed by atoms with van der Waals surface area (Å²) in [4.78, 5) is 10.6. The Hall–Kier alpha value is -2.06. The lowest BCUT2D eigenvalue weighted by Crippen LogP contribution is -1.87. The second-order valence-corrected chi connectivity index (χ2v) is 4.21. The first-order valence-corrected chi connectivity index (χ1v) is 5.80.